The monoisotopic (exact) mass is 355 g/mol. The zero-order chi connectivity index (χ0) is 18.9. The Morgan fingerprint density at radius 1 is 1.00 bits per heavy atom. The van der Waals surface area contributed by atoms with Crippen LogP contribution in [0.3, 0.4) is 0 Å². The Morgan fingerprint density at radius 2 is 1.62 bits per heavy atom. The highest BCUT2D eigenvalue weighted by atomic mass is 16.3. The lowest BCUT2D eigenvalue weighted by molar-refractivity contribution is 0.229. The SMILES string of the molecule is C[C@H](Cc1ccccc1)NC(=O)NC[C@H](Cc1ccc(O)cc1)N(C)C. The Labute approximate surface area is 156 Å². The van der Waals surface area contributed by atoms with E-state index in [-0.39, 0.29) is 23.9 Å². The number of phenols is 1. The second-order valence-corrected chi connectivity index (χ2v) is 6.93. The number of aromatic hydroxyl groups is 1. The molecule has 0 aliphatic rings. The van der Waals surface area contributed by atoms with Crippen LogP contribution < -0.4 is 10.6 Å². The predicted octanol–water partition coefficient (Wildman–Crippen LogP) is 2.80. The lowest BCUT2D eigenvalue weighted by Crippen LogP contribution is -2.47. The molecule has 0 bridgehead atoms. The highest BCUT2D eigenvalue weighted by molar-refractivity contribution is 5.74. The van der Waals surface area contributed by atoms with Gasteiger partial charge in [0.2, 0.25) is 0 Å². The van der Waals surface area contributed by atoms with Gasteiger partial charge in [-0.05, 0) is 57.1 Å². The third-order valence-electron chi connectivity index (χ3n) is 4.40. The van der Waals surface area contributed by atoms with Crippen molar-refractivity contribution in [1.29, 1.82) is 0 Å². The Balaban J connectivity index is 1.80. The Bertz CT molecular complexity index is 671. The van der Waals surface area contributed by atoms with Crippen LogP contribution >= 0.6 is 0 Å². The van der Waals surface area contributed by atoms with Crippen molar-refractivity contribution in [2.45, 2.75) is 31.8 Å². The zero-order valence-electron chi connectivity index (χ0n) is 15.8. The van der Waals surface area contributed by atoms with Gasteiger partial charge >= 0.3 is 6.03 Å². The molecule has 0 heterocycles. The van der Waals surface area contributed by atoms with E-state index >= 15 is 0 Å². The average molecular weight is 355 g/mol. The average Bonchev–Trinajstić information content (AvgIpc) is 2.60. The Kier molecular flexibility index (Phi) is 7.48. The molecule has 0 aromatic heterocycles. The molecule has 0 fully saturated rings. The van der Waals surface area contributed by atoms with Crippen LogP contribution in [0.1, 0.15) is 18.1 Å². The van der Waals surface area contributed by atoms with Gasteiger partial charge in [-0.15, -0.1) is 0 Å². The van der Waals surface area contributed by atoms with E-state index < -0.39 is 0 Å². The molecular weight excluding hydrogens is 326 g/mol. The maximum absolute atomic E-state index is 12.2. The Morgan fingerprint density at radius 3 is 2.23 bits per heavy atom. The number of phenolic OH excluding ortho intramolecular Hbond substituents is 1. The molecular formula is C21H29N3O2. The fourth-order valence-corrected chi connectivity index (χ4v) is 2.85. The van der Waals surface area contributed by atoms with Crippen molar-refractivity contribution in [3.63, 3.8) is 0 Å². The van der Waals surface area contributed by atoms with Gasteiger partial charge in [-0.3, -0.25) is 0 Å². The molecule has 2 atom stereocenters. The van der Waals surface area contributed by atoms with Crippen LogP contribution in [0.2, 0.25) is 0 Å². The molecule has 0 saturated carbocycles. The fraction of sp³-hybridized carbons (Fsp3) is 0.381. The van der Waals surface area contributed by atoms with Gasteiger partial charge in [-0.2, -0.15) is 0 Å². The minimum atomic E-state index is -0.147. The standard InChI is InChI=1S/C21H29N3O2/c1-16(13-17-7-5-4-6-8-17)23-21(26)22-15-19(24(2)3)14-18-9-11-20(25)12-10-18/h4-12,16,19,25H,13-15H2,1-3H3,(H2,22,23,26)/t16-,19+/m1/s1. The third-order valence-corrected chi connectivity index (χ3v) is 4.40. The topological polar surface area (TPSA) is 64.6 Å². The minimum Gasteiger partial charge on any atom is -0.508 e. The van der Waals surface area contributed by atoms with Gasteiger partial charge in [-0.1, -0.05) is 42.5 Å². The summed E-state index contributed by atoms with van der Waals surface area (Å²) in [6, 6.07) is 17.4. The van der Waals surface area contributed by atoms with Crippen LogP contribution in [-0.2, 0) is 12.8 Å². The normalized spacial score (nSPS) is 13.2. The fourth-order valence-electron chi connectivity index (χ4n) is 2.85. The number of hydrogen-bond acceptors (Lipinski definition) is 3. The van der Waals surface area contributed by atoms with E-state index in [1.54, 1.807) is 12.1 Å². The van der Waals surface area contributed by atoms with E-state index in [0.717, 1.165) is 18.4 Å². The maximum Gasteiger partial charge on any atom is 0.315 e. The van der Waals surface area contributed by atoms with Gasteiger partial charge in [0, 0.05) is 18.6 Å². The van der Waals surface area contributed by atoms with Crippen molar-refractivity contribution >= 4 is 6.03 Å². The first-order chi connectivity index (χ1) is 12.4. The number of nitrogens with one attached hydrogen (secondary N) is 2. The molecule has 26 heavy (non-hydrogen) atoms. The van der Waals surface area contributed by atoms with Crippen LogP contribution in [0.15, 0.2) is 54.6 Å². The molecule has 0 aliphatic heterocycles. The summed E-state index contributed by atoms with van der Waals surface area (Å²) < 4.78 is 0. The van der Waals surface area contributed by atoms with Crippen LogP contribution in [0.4, 0.5) is 4.79 Å². The number of likely N-dealkylation sites (N-methyl/N-ethyl adjacent to an activating group) is 1. The number of hydrogen-bond donors (Lipinski definition) is 3. The van der Waals surface area contributed by atoms with Crippen LogP contribution in [0.25, 0.3) is 0 Å². The number of carbonyl (C=O) groups is 1. The highest BCUT2D eigenvalue weighted by Gasteiger charge is 2.15. The van der Waals surface area contributed by atoms with Gasteiger partial charge in [0.05, 0.1) is 0 Å². The molecule has 5 heteroatoms. The predicted molar refractivity (Wildman–Crippen MR) is 105 cm³/mol. The first kappa shape index (κ1) is 19.8. The van der Waals surface area contributed by atoms with Crippen LogP contribution in [-0.4, -0.2) is 48.8 Å². The maximum atomic E-state index is 12.2. The van der Waals surface area contributed by atoms with E-state index in [1.165, 1.54) is 5.56 Å². The second-order valence-electron chi connectivity index (χ2n) is 6.93. The largest absolute Gasteiger partial charge is 0.508 e. The molecule has 3 N–H and O–H groups in total. The van der Waals surface area contributed by atoms with E-state index in [4.69, 9.17) is 0 Å². The number of urea groups is 1. The van der Waals surface area contributed by atoms with Crippen LogP contribution in [0, 0.1) is 0 Å². The lowest BCUT2D eigenvalue weighted by Gasteiger charge is -2.25. The summed E-state index contributed by atoms with van der Waals surface area (Å²) in [7, 11) is 4.01. The first-order valence-electron chi connectivity index (χ1n) is 8.96. The van der Waals surface area contributed by atoms with Gasteiger partial charge in [0.25, 0.3) is 0 Å². The molecule has 2 amide bonds. The smallest absolute Gasteiger partial charge is 0.315 e. The van der Waals surface area contributed by atoms with Crippen LogP contribution in [0.5, 0.6) is 5.75 Å². The van der Waals surface area contributed by atoms with E-state index in [9.17, 15) is 9.90 Å². The summed E-state index contributed by atoms with van der Waals surface area (Å²) in [5, 5.41) is 15.4. The van der Waals surface area contributed by atoms with Crippen molar-refractivity contribution in [3.8, 4) is 5.75 Å². The quantitative estimate of drug-likeness (QED) is 0.682. The first-order valence-corrected chi connectivity index (χ1v) is 8.96. The van der Waals surface area contributed by atoms with E-state index in [0.29, 0.717) is 6.54 Å². The summed E-state index contributed by atoms with van der Waals surface area (Å²) >= 11 is 0. The summed E-state index contributed by atoms with van der Waals surface area (Å²) in [5.74, 6) is 0.264. The van der Waals surface area contributed by atoms with Gasteiger partial charge < -0.3 is 20.6 Å². The Hall–Kier alpha value is -2.53. The number of benzene rings is 2. The molecule has 5 nitrogen and oxygen atoms in total. The van der Waals surface area contributed by atoms with Gasteiger partial charge in [-0.25, -0.2) is 4.79 Å². The van der Waals surface area contributed by atoms with Gasteiger partial charge in [0.15, 0.2) is 0 Å². The van der Waals surface area contributed by atoms with Crippen molar-refractivity contribution in [3.05, 3.63) is 65.7 Å². The molecule has 0 spiro atoms. The van der Waals surface area contributed by atoms with Crippen molar-refractivity contribution in [2.24, 2.45) is 0 Å². The summed E-state index contributed by atoms with van der Waals surface area (Å²) in [4.78, 5) is 14.3. The number of amides is 2. The van der Waals surface area contributed by atoms with Crippen molar-refractivity contribution in [1.82, 2.24) is 15.5 Å². The molecule has 0 aliphatic carbocycles. The summed E-state index contributed by atoms with van der Waals surface area (Å²) in [6.45, 7) is 2.56. The minimum absolute atomic E-state index is 0.0623. The molecule has 0 radical (unpaired) electrons. The molecule has 140 valence electrons. The second kappa shape index (κ2) is 9.82. The molecule has 2 rings (SSSR count). The lowest BCUT2D eigenvalue weighted by atomic mass is 10.0. The van der Waals surface area contributed by atoms with E-state index in [2.05, 4.69) is 27.7 Å². The van der Waals surface area contributed by atoms with Gasteiger partial charge in [0.1, 0.15) is 5.75 Å². The number of carbonyl (C=O) groups excluding carboxylic acids is 1. The number of nitrogens with zero attached hydrogens (tertiary/aromatic N) is 1. The summed E-state index contributed by atoms with van der Waals surface area (Å²) in [6.07, 6.45) is 1.60. The third kappa shape index (κ3) is 6.76. The molecule has 2 aromatic carbocycles. The van der Waals surface area contributed by atoms with Crippen molar-refractivity contribution in [2.75, 3.05) is 20.6 Å². The van der Waals surface area contributed by atoms with Crippen molar-refractivity contribution < 1.29 is 9.90 Å². The molecule has 0 saturated heterocycles. The number of rotatable bonds is 8. The summed E-state index contributed by atoms with van der Waals surface area (Å²) in [5.41, 5.74) is 2.33. The zero-order valence-corrected chi connectivity index (χ0v) is 15.8. The molecule has 2 aromatic rings. The highest BCUT2D eigenvalue weighted by Crippen LogP contribution is 2.12. The van der Waals surface area contributed by atoms with E-state index in [1.807, 2.05) is 51.4 Å². The molecule has 0 unspecified atom stereocenters.